The summed E-state index contributed by atoms with van der Waals surface area (Å²) in [4.78, 5) is 14.3. The van der Waals surface area contributed by atoms with E-state index < -0.39 is 11.4 Å². The number of hydrogen-bond donors (Lipinski definition) is 2. The summed E-state index contributed by atoms with van der Waals surface area (Å²) in [6, 6.07) is 0. The quantitative estimate of drug-likeness (QED) is 0.784. The summed E-state index contributed by atoms with van der Waals surface area (Å²) in [6.45, 7) is 0.827. The molecule has 1 amide bonds. The van der Waals surface area contributed by atoms with E-state index in [0.29, 0.717) is 5.92 Å². The van der Waals surface area contributed by atoms with Gasteiger partial charge in [-0.2, -0.15) is 0 Å². The first-order valence-corrected chi connectivity index (χ1v) is 10.3. The van der Waals surface area contributed by atoms with Crippen molar-refractivity contribution in [2.45, 2.75) is 56.3 Å². The van der Waals surface area contributed by atoms with Gasteiger partial charge in [-0.25, -0.2) is 0 Å². The number of aryl methyl sites for hydroxylation is 1. The minimum absolute atomic E-state index is 0.110. The standard InChI is InChI=1S/C16H22N2O2S2/c19-15(11-7-8-11)18-16-14(22(20)17-9-10-5-6-10)12-3-1-2-4-13(12)21-16/h10-11,17H,1-9H2,(H,18,19). The molecule has 1 heterocycles. The first-order valence-electron chi connectivity index (χ1n) is 8.33. The molecule has 1 atom stereocenters. The summed E-state index contributed by atoms with van der Waals surface area (Å²) >= 11 is 0.451. The number of carbonyl (C=O) groups is 1. The Morgan fingerprint density at radius 3 is 2.73 bits per heavy atom. The van der Waals surface area contributed by atoms with Gasteiger partial charge in [0.1, 0.15) is 0 Å². The van der Waals surface area contributed by atoms with Gasteiger partial charge in [-0.1, -0.05) is 0 Å². The van der Waals surface area contributed by atoms with E-state index in [1.165, 1.54) is 29.7 Å². The molecule has 0 saturated heterocycles. The SMILES string of the molecule is O=C(Nc1sc2c(c1[S+]([O-])NCC1CC1)CCCC2)C1CC1. The van der Waals surface area contributed by atoms with Crippen LogP contribution in [0.5, 0.6) is 0 Å². The number of carbonyl (C=O) groups excluding carboxylic acids is 1. The molecule has 22 heavy (non-hydrogen) atoms. The molecule has 0 bridgehead atoms. The number of rotatable bonds is 6. The summed E-state index contributed by atoms with van der Waals surface area (Å²) in [6.07, 6.45) is 8.90. The van der Waals surface area contributed by atoms with Crippen molar-refractivity contribution in [3.05, 3.63) is 10.4 Å². The predicted molar refractivity (Wildman–Crippen MR) is 89.4 cm³/mol. The van der Waals surface area contributed by atoms with Gasteiger partial charge in [-0.15, -0.1) is 16.1 Å². The maximum absolute atomic E-state index is 12.8. The molecule has 1 aromatic rings. The van der Waals surface area contributed by atoms with Gasteiger partial charge < -0.3 is 9.87 Å². The maximum atomic E-state index is 12.8. The lowest BCUT2D eigenvalue weighted by atomic mass is 9.99. The van der Waals surface area contributed by atoms with Crippen LogP contribution in [0.15, 0.2) is 4.90 Å². The smallest absolute Gasteiger partial charge is 0.228 e. The molecule has 3 aliphatic rings. The Hall–Kier alpha value is -0.560. The van der Waals surface area contributed by atoms with E-state index in [1.54, 1.807) is 11.3 Å². The highest BCUT2D eigenvalue weighted by Gasteiger charge is 2.35. The number of amides is 1. The van der Waals surface area contributed by atoms with Crippen LogP contribution in [0, 0.1) is 11.8 Å². The molecule has 6 heteroatoms. The van der Waals surface area contributed by atoms with Crippen molar-refractivity contribution >= 4 is 33.6 Å². The van der Waals surface area contributed by atoms with Crippen LogP contribution in [-0.4, -0.2) is 17.0 Å². The topological polar surface area (TPSA) is 64.2 Å². The Morgan fingerprint density at radius 1 is 1.23 bits per heavy atom. The Kier molecular flexibility index (Phi) is 4.19. The largest absolute Gasteiger partial charge is 0.593 e. The number of anilines is 1. The fraction of sp³-hybridized carbons (Fsp3) is 0.688. The zero-order valence-corrected chi connectivity index (χ0v) is 14.3. The lowest BCUT2D eigenvalue weighted by molar-refractivity contribution is -0.117. The highest BCUT2D eigenvalue weighted by molar-refractivity contribution is 7.90. The van der Waals surface area contributed by atoms with E-state index in [2.05, 4.69) is 10.0 Å². The second-order valence-electron chi connectivity index (χ2n) is 6.69. The molecule has 0 spiro atoms. The van der Waals surface area contributed by atoms with Crippen LogP contribution in [0.2, 0.25) is 0 Å². The minimum atomic E-state index is -1.20. The van der Waals surface area contributed by atoms with Crippen LogP contribution in [0.1, 0.15) is 49.0 Å². The Balaban J connectivity index is 1.56. The number of thiophene rings is 1. The lowest BCUT2D eigenvalue weighted by Crippen LogP contribution is -2.28. The molecule has 4 nitrogen and oxygen atoms in total. The molecule has 1 unspecified atom stereocenters. The normalized spacial score (nSPS) is 22.2. The van der Waals surface area contributed by atoms with Gasteiger partial charge in [0.2, 0.25) is 10.8 Å². The van der Waals surface area contributed by atoms with Crippen molar-refractivity contribution in [3.8, 4) is 0 Å². The Morgan fingerprint density at radius 2 is 2.00 bits per heavy atom. The average Bonchev–Trinajstić information content (AvgIpc) is 3.41. The highest BCUT2D eigenvalue weighted by atomic mass is 32.2. The number of nitrogens with one attached hydrogen (secondary N) is 2. The molecule has 0 radical (unpaired) electrons. The molecule has 0 aromatic carbocycles. The number of hydrogen-bond acceptors (Lipinski definition) is 4. The van der Waals surface area contributed by atoms with Gasteiger partial charge in [-0.3, -0.25) is 4.79 Å². The van der Waals surface area contributed by atoms with Crippen LogP contribution in [0.3, 0.4) is 0 Å². The summed E-state index contributed by atoms with van der Waals surface area (Å²) in [7, 11) is 0. The maximum Gasteiger partial charge on any atom is 0.228 e. The van der Waals surface area contributed by atoms with Crippen LogP contribution >= 0.6 is 11.3 Å². The monoisotopic (exact) mass is 338 g/mol. The van der Waals surface area contributed by atoms with Crippen molar-refractivity contribution in [1.82, 2.24) is 4.72 Å². The zero-order valence-electron chi connectivity index (χ0n) is 12.7. The summed E-state index contributed by atoms with van der Waals surface area (Å²) in [5, 5.41) is 3.90. The van der Waals surface area contributed by atoms with Crippen LogP contribution < -0.4 is 10.0 Å². The summed E-state index contributed by atoms with van der Waals surface area (Å²) < 4.78 is 15.9. The second-order valence-corrected chi connectivity index (χ2v) is 9.03. The van der Waals surface area contributed by atoms with Crippen molar-refractivity contribution < 1.29 is 9.35 Å². The molecule has 2 N–H and O–H groups in total. The summed E-state index contributed by atoms with van der Waals surface area (Å²) in [5.74, 6) is 0.988. The van der Waals surface area contributed by atoms with Crippen LogP contribution in [0.25, 0.3) is 0 Å². The van der Waals surface area contributed by atoms with Gasteiger partial charge >= 0.3 is 0 Å². The molecule has 3 aliphatic carbocycles. The fourth-order valence-electron chi connectivity index (χ4n) is 2.96. The molecule has 1 aromatic heterocycles. The second kappa shape index (κ2) is 6.15. The average molecular weight is 338 g/mol. The van der Waals surface area contributed by atoms with E-state index in [1.807, 2.05) is 0 Å². The molecule has 2 saturated carbocycles. The van der Waals surface area contributed by atoms with Crippen LogP contribution in [-0.2, 0) is 29.0 Å². The van der Waals surface area contributed by atoms with E-state index in [-0.39, 0.29) is 11.8 Å². The highest BCUT2D eigenvalue weighted by Crippen LogP contribution is 2.42. The third-order valence-corrected chi connectivity index (χ3v) is 7.28. The third kappa shape index (κ3) is 3.20. The van der Waals surface area contributed by atoms with Crippen molar-refractivity contribution in [2.75, 3.05) is 11.9 Å². The van der Waals surface area contributed by atoms with Crippen LogP contribution in [0.4, 0.5) is 5.00 Å². The van der Waals surface area contributed by atoms with Gasteiger partial charge in [0, 0.05) is 22.9 Å². The Labute approximate surface area is 138 Å². The van der Waals surface area contributed by atoms with E-state index in [0.717, 1.165) is 48.5 Å². The first kappa shape index (κ1) is 15.0. The summed E-state index contributed by atoms with van der Waals surface area (Å²) in [5.41, 5.74) is 1.24. The lowest BCUT2D eigenvalue weighted by Gasteiger charge is -2.15. The van der Waals surface area contributed by atoms with Gasteiger partial charge in [-0.05, 0) is 57.3 Å². The van der Waals surface area contributed by atoms with Gasteiger partial charge in [0.05, 0.1) is 11.4 Å². The Bertz CT molecular complexity index is 579. The molecule has 2 fully saturated rings. The molecule has 0 aliphatic heterocycles. The molecule has 4 rings (SSSR count). The minimum Gasteiger partial charge on any atom is -0.593 e. The van der Waals surface area contributed by atoms with Gasteiger partial charge in [0.15, 0.2) is 5.00 Å². The molecule has 120 valence electrons. The third-order valence-electron chi connectivity index (χ3n) is 4.69. The molecular weight excluding hydrogens is 316 g/mol. The predicted octanol–water partition coefficient (Wildman–Crippen LogP) is 3.00. The first-order chi connectivity index (χ1) is 10.7. The van der Waals surface area contributed by atoms with Crippen molar-refractivity contribution in [1.29, 1.82) is 0 Å². The van der Waals surface area contributed by atoms with Crippen molar-refractivity contribution in [3.63, 3.8) is 0 Å². The van der Waals surface area contributed by atoms with E-state index in [4.69, 9.17) is 0 Å². The number of fused-ring (bicyclic) bond motifs is 1. The fourth-order valence-corrected chi connectivity index (χ4v) is 5.77. The van der Waals surface area contributed by atoms with Crippen molar-refractivity contribution in [2.24, 2.45) is 11.8 Å². The van der Waals surface area contributed by atoms with Gasteiger partial charge in [0.25, 0.3) is 0 Å². The van der Waals surface area contributed by atoms with E-state index >= 15 is 0 Å². The molecular formula is C16H22N2O2S2. The zero-order chi connectivity index (χ0) is 15.1. The van der Waals surface area contributed by atoms with E-state index in [9.17, 15) is 9.35 Å².